The van der Waals surface area contributed by atoms with Crippen molar-refractivity contribution in [3.05, 3.63) is 34.4 Å². The van der Waals surface area contributed by atoms with E-state index < -0.39 is 4.92 Å². The summed E-state index contributed by atoms with van der Waals surface area (Å²) in [6.07, 6.45) is 0.330. The minimum Gasteiger partial charge on any atom is -0.326 e. The van der Waals surface area contributed by atoms with E-state index in [1.165, 1.54) is 12.1 Å². The van der Waals surface area contributed by atoms with Crippen LogP contribution in [0.2, 0.25) is 0 Å². The summed E-state index contributed by atoms with van der Waals surface area (Å²) in [6, 6.07) is 5.98. The highest BCUT2D eigenvalue weighted by Crippen LogP contribution is 2.17. The Balaban J connectivity index is 2.59. The van der Waals surface area contributed by atoms with E-state index >= 15 is 0 Å². The monoisotopic (exact) mass is 251 g/mol. The summed E-state index contributed by atoms with van der Waals surface area (Å²) in [5, 5.41) is 16.4. The van der Waals surface area contributed by atoms with Gasteiger partial charge in [-0.25, -0.2) is 0 Å². The van der Waals surface area contributed by atoms with Gasteiger partial charge in [-0.15, -0.1) is 0 Å². The maximum atomic E-state index is 11.7. The minimum atomic E-state index is -0.489. The molecule has 0 aliphatic heterocycles. The number of non-ortho nitro benzene ring substituents is 1. The highest BCUT2D eigenvalue weighted by molar-refractivity contribution is 5.91. The number of amides is 1. The fourth-order valence-corrected chi connectivity index (χ4v) is 1.61. The lowest BCUT2D eigenvalue weighted by molar-refractivity contribution is -0.384. The fraction of sp³-hybridized carbons (Fsp3) is 0.417. The average molecular weight is 251 g/mol. The molecule has 6 heteroatoms. The summed E-state index contributed by atoms with van der Waals surface area (Å²) in [6.45, 7) is 4.68. The lowest BCUT2D eigenvalue weighted by Gasteiger charge is -2.11. The molecule has 1 amide bonds. The number of nitro benzene ring substituents is 1. The molecule has 18 heavy (non-hydrogen) atoms. The number of anilines is 1. The maximum absolute atomic E-state index is 11.7. The smallest absolute Gasteiger partial charge is 0.271 e. The van der Waals surface area contributed by atoms with Gasteiger partial charge >= 0.3 is 0 Å². The van der Waals surface area contributed by atoms with Crippen LogP contribution in [0.3, 0.4) is 0 Å². The number of benzene rings is 1. The summed E-state index contributed by atoms with van der Waals surface area (Å²) in [4.78, 5) is 21.8. The van der Waals surface area contributed by atoms with E-state index in [0.717, 1.165) is 6.54 Å². The van der Waals surface area contributed by atoms with E-state index in [-0.39, 0.29) is 17.6 Å². The number of carbonyl (C=O) groups excluding carboxylic acids is 1. The normalized spacial score (nSPS) is 11.9. The Morgan fingerprint density at radius 2 is 2.22 bits per heavy atom. The molecule has 0 fully saturated rings. The molecular weight excluding hydrogens is 234 g/mol. The van der Waals surface area contributed by atoms with Crippen molar-refractivity contribution in [1.29, 1.82) is 0 Å². The molecule has 0 radical (unpaired) electrons. The molecule has 0 aliphatic carbocycles. The van der Waals surface area contributed by atoms with Crippen molar-refractivity contribution in [3.63, 3.8) is 0 Å². The summed E-state index contributed by atoms with van der Waals surface area (Å²) in [5.74, 6) is -0.163. The molecule has 98 valence electrons. The lowest BCUT2D eigenvalue weighted by atomic mass is 10.2. The van der Waals surface area contributed by atoms with Crippen molar-refractivity contribution in [1.82, 2.24) is 5.32 Å². The van der Waals surface area contributed by atoms with Crippen LogP contribution in [0.5, 0.6) is 0 Å². The Hall–Kier alpha value is -1.95. The summed E-state index contributed by atoms with van der Waals surface area (Å²) < 4.78 is 0. The molecule has 0 heterocycles. The summed E-state index contributed by atoms with van der Waals surface area (Å²) >= 11 is 0. The Bertz CT molecular complexity index is 434. The SMILES string of the molecule is CCNC(C)CC(=O)Nc1cccc([N+](=O)[O-])c1. The number of nitro groups is 1. The highest BCUT2D eigenvalue weighted by Gasteiger charge is 2.10. The number of nitrogens with zero attached hydrogens (tertiary/aromatic N) is 1. The molecule has 0 spiro atoms. The third kappa shape index (κ3) is 4.50. The van der Waals surface area contributed by atoms with Crippen LogP contribution in [-0.4, -0.2) is 23.4 Å². The molecule has 0 bridgehead atoms. The van der Waals surface area contributed by atoms with Crippen LogP contribution >= 0.6 is 0 Å². The Morgan fingerprint density at radius 3 is 2.83 bits per heavy atom. The maximum Gasteiger partial charge on any atom is 0.271 e. The summed E-state index contributed by atoms with van der Waals surface area (Å²) in [5.41, 5.74) is 0.408. The first-order valence-corrected chi connectivity index (χ1v) is 5.80. The van der Waals surface area contributed by atoms with Gasteiger partial charge < -0.3 is 10.6 Å². The van der Waals surface area contributed by atoms with Crippen LogP contribution in [0.15, 0.2) is 24.3 Å². The molecule has 6 nitrogen and oxygen atoms in total. The molecule has 1 aromatic carbocycles. The van der Waals surface area contributed by atoms with Gasteiger partial charge in [0.1, 0.15) is 0 Å². The van der Waals surface area contributed by atoms with Crippen molar-refractivity contribution < 1.29 is 9.72 Å². The van der Waals surface area contributed by atoms with Crippen molar-refractivity contribution >= 4 is 17.3 Å². The van der Waals surface area contributed by atoms with E-state index in [9.17, 15) is 14.9 Å². The molecule has 2 N–H and O–H groups in total. The van der Waals surface area contributed by atoms with Gasteiger partial charge in [0.25, 0.3) is 5.69 Å². The molecular formula is C12H17N3O3. The summed E-state index contributed by atoms with van der Waals surface area (Å²) in [7, 11) is 0. The zero-order valence-corrected chi connectivity index (χ0v) is 10.5. The number of carbonyl (C=O) groups is 1. The minimum absolute atomic E-state index is 0.0347. The molecule has 0 saturated carbocycles. The number of hydrogen-bond donors (Lipinski definition) is 2. The molecule has 1 rings (SSSR count). The number of rotatable bonds is 6. The number of hydrogen-bond acceptors (Lipinski definition) is 4. The first kappa shape index (κ1) is 14.1. The highest BCUT2D eigenvalue weighted by atomic mass is 16.6. The van der Waals surface area contributed by atoms with Gasteiger partial charge in [-0.05, 0) is 19.5 Å². The van der Waals surface area contributed by atoms with Crippen LogP contribution in [0.4, 0.5) is 11.4 Å². The predicted molar refractivity (Wildman–Crippen MR) is 69.5 cm³/mol. The Morgan fingerprint density at radius 1 is 1.50 bits per heavy atom. The zero-order chi connectivity index (χ0) is 13.5. The van der Waals surface area contributed by atoms with Crippen molar-refractivity contribution in [2.75, 3.05) is 11.9 Å². The molecule has 0 saturated heterocycles. The predicted octanol–water partition coefficient (Wildman–Crippen LogP) is 1.92. The second-order valence-corrected chi connectivity index (χ2v) is 4.02. The van der Waals surface area contributed by atoms with E-state index in [4.69, 9.17) is 0 Å². The Labute approximate surface area is 106 Å². The third-order valence-electron chi connectivity index (χ3n) is 2.38. The van der Waals surface area contributed by atoms with E-state index in [1.807, 2.05) is 13.8 Å². The number of nitrogens with one attached hydrogen (secondary N) is 2. The standard InChI is InChI=1S/C12H17N3O3/c1-3-13-9(2)7-12(16)14-10-5-4-6-11(8-10)15(17)18/h4-6,8-9,13H,3,7H2,1-2H3,(H,14,16). The van der Waals surface area contributed by atoms with Gasteiger partial charge in [0, 0.05) is 30.3 Å². The van der Waals surface area contributed by atoms with Crippen molar-refractivity contribution in [2.45, 2.75) is 26.3 Å². The van der Waals surface area contributed by atoms with Gasteiger partial charge in [-0.3, -0.25) is 14.9 Å². The first-order chi connectivity index (χ1) is 8.52. The van der Waals surface area contributed by atoms with Crippen molar-refractivity contribution in [2.24, 2.45) is 0 Å². The van der Waals surface area contributed by atoms with Crippen LogP contribution in [-0.2, 0) is 4.79 Å². The second kappa shape index (κ2) is 6.70. The quantitative estimate of drug-likeness (QED) is 0.597. The van der Waals surface area contributed by atoms with Gasteiger partial charge in [-0.1, -0.05) is 13.0 Å². The Kier molecular flexibility index (Phi) is 5.26. The van der Waals surface area contributed by atoms with Gasteiger partial charge in [0.05, 0.1) is 4.92 Å². The van der Waals surface area contributed by atoms with Crippen LogP contribution < -0.4 is 10.6 Å². The van der Waals surface area contributed by atoms with Crippen LogP contribution in [0.25, 0.3) is 0 Å². The van der Waals surface area contributed by atoms with Crippen LogP contribution in [0.1, 0.15) is 20.3 Å². The third-order valence-corrected chi connectivity index (χ3v) is 2.38. The molecule has 1 unspecified atom stereocenters. The topological polar surface area (TPSA) is 84.3 Å². The van der Waals surface area contributed by atoms with Crippen LogP contribution in [0, 0.1) is 10.1 Å². The van der Waals surface area contributed by atoms with Gasteiger partial charge in [-0.2, -0.15) is 0 Å². The van der Waals surface area contributed by atoms with Gasteiger partial charge in [0.2, 0.25) is 5.91 Å². The van der Waals surface area contributed by atoms with E-state index in [1.54, 1.807) is 12.1 Å². The van der Waals surface area contributed by atoms with Gasteiger partial charge in [0.15, 0.2) is 0 Å². The zero-order valence-electron chi connectivity index (χ0n) is 10.5. The van der Waals surface area contributed by atoms with E-state index in [0.29, 0.717) is 12.1 Å². The van der Waals surface area contributed by atoms with Crippen molar-refractivity contribution in [3.8, 4) is 0 Å². The average Bonchev–Trinajstić information content (AvgIpc) is 2.29. The first-order valence-electron chi connectivity index (χ1n) is 5.80. The molecule has 1 aromatic rings. The van der Waals surface area contributed by atoms with E-state index in [2.05, 4.69) is 10.6 Å². The molecule has 0 aromatic heterocycles. The second-order valence-electron chi connectivity index (χ2n) is 4.02. The molecule has 1 atom stereocenters. The fourth-order valence-electron chi connectivity index (χ4n) is 1.61. The lowest BCUT2D eigenvalue weighted by Crippen LogP contribution is -2.30. The largest absolute Gasteiger partial charge is 0.326 e. The molecule has 0 aliphatic rings.